The van der Waals surface area contributed by atoms with E-state index in [0.29, 0.717) is 11.5 Å². The summed E-state index contributed by atoms with van der Waals surface area (Å²) in [5.74, 6) is 0.0588. The van der Waals surface area contributed by atoms with Gasteiger partial charge in [-0.2, -0.15) is 5.10 Å². The number of aromatic hydroxyl groups is 1. The van der Waals surface area contributed by atoms with Crippen molar-refractivity contribution in [1.29, 1.82) is 0 Å². The highest BCUT2D eigenvalue weighted by Crippen LogP contribution is 2.31. The van der Waals surface area contributed by atoms with E-state index in [4.69, 9.17) is 9.47 Å². The van der Waals surface area contributed by atoms with Crippen LogP contribution >= 0.6 is 0 Å². The average Bonchev–Trinajstić information content (AvgIpc) is 3.17. The number of hydrogen-bond donors (Lipinski definition) is 1. The third-order valence-corrected chi connectivity index (χ3v) is 4.00. The van der Waals surface area contributed by atoms with E-state index in [-0.39, 0.29) is 23.5 Å². The number of para-hydroxylation sites is 3. The van der Waals surface area contributed by atoms with Crippen molar-refractivity contribution in [3.63, 3.8) is 0 Å². The number of phenols is 1. The first kappa shape index (κ1) is 15.9. The van der Waals surface area contributed by atoms with Gasteiger partial charge in [0.2, 0.25) is 6.10 Å². The van der Waals surface area contributed by atoms with Crippen LogP contribution in [0.25, 0.3) is 0 Å². The van der Waals surface area contributed by atoms with Gasteiger partial charge in [-0.15, -0.1) is 0 Å². The van der Waals surface area contributed by atoms with Gasteiger partial charge >= 0.3 is 0 Å². The molecule has 0 bridgehead atoms. The Bertz CT molecular complexity index is 995. The Morgan fingerprint density at radius 2 is 1.81 bits per heavy atom. The second kappa shape index (κ2) is 6.36. The van der Waals surface area contributed by atoms with E-state index in [1.807, 2.05) is 6.07 Å². The van der Waals surface area contributed by atoms with Crippen LogP contribution in [0.15, 0.2) is 60.9 Å². The lowest BCUT2D eigenvalue weighted by atomic mass is 10.1. The number of rotatable bonds is 3. The third-order valence-electron chi connectivity index (χ3n) is 4.00. The van der Waals surface area contributed by atoms with Crippen LogP contribution in [0.1, 0.15) is 20.7 Å². The Morgan fingerprint density at radius 1 is 1.08 bits per heavy atom. The van der Waals surface area contributed by atoms with E-state index in [1.54, 1.807) is 30.3 Å². The molecule has 0 saturated carbocycles. The van der Waals surface area contributed by atoms with Crippen molar-refractivity contribution in [2.45, 2.75) is 6.10 Å². The largest absolute Gasteiger partial charge is 0.507 e. The standard InChI is InChI=1S/C19H14N2O5/c22-14-6-2-1-5-13(14)18(23)12-9-20-21(10-12)19(24)17-11-25-15-7-3-4-8-16(15)26-17/h1-10,17,22H,11H2/t17-/m1/s1. The molecule has 0 radical (unpaired) electrons. The predicted molar refractivity (Wildman–Crippen MR) is 90.7 cm³/mol. The number of benzene rings is 2. The van der Waals surface area contributed by atoms with Crippen LogP contribution in [0.4, 0.5) is 0 Å². The molecule has 1 aromatic heterocycles. The molecule has 2 heterocycles. The van der Waals surface area contributed by atoms with Crippen LogP contribution in [0.2, 0.25) is 0 Å². The van der Waals surface area contributed by atoms with E-state index in [1.165, 1.54) is 24.5 Å². The number of phenolic OH excluding ortho intramolecular Hbond substituents is 1. The first-order valence-electron chi connectivity index (χ1n) is 7.93. The Hall–Kier alpha value is -3.61. The summed E-state index contributed by atoms with van der Waals surface area (Å²) in [4.78, 5) is 25.0. The highest BCUT2D eigenvalue weighted by atomic mass is 16.6. The van der Waals surface area contributed by atoms with Crippen molar-refractivity contribution < 1.29 is 24.2 Å². The molecule has 1 aliphatic rings. The summed E-state index contributed by atoms with van der Waals surface area (Å²) in [7, 11) is 0. The van der Waals surface area contributed by atoms with Crippen molar-refractivity contribution in [3.8, 4) is 17.2 Å². The molecule has 4 rings (SSSR count). The van der Waals surface area contributed by atoms with E-state index >= 15 is 0 Å². The van der Waals surface area contributed by atoms with Gasteiger partial charge in [0.1, 0.15) is 12.4 Å². The maximum Gasteiger partial charge on any atom is 0.291 e. The molecule has 0 spiro atoms. The first-order chi connectivity index (χ1) is 12.6. The summed E-state index contributed by atoms with van der Waals surface area (Å²) < 4.78 is 12.2. The SMILES string of the molecule is O=C(c1cnn(C(=O)[C@H]2COc3ccccc3O2)c1)c1ccccc1O. The second-order valence-corrected chi connectivity index (χ2v) is 5.72. The van der Waals surface area contributed by atoms with Gasteiger partial charge in [-0.25, -0.2) is 4.68 Å². The molecule has 0 aliphatic carbocycles. The van der Waals surface area contributed by atoms with Crippen LogP contribution in [0.5, 0.6) is 17.2 Å². The van der Waals surface area contributed by atoms with Gasteiger partial charge in [-0.05, 0) is 24.3 Å². The molecular weight excluding hydrogens is 336 g/mol. The fourth-order valence-electron chi connectivity index (χ4n) is 2.67. The zero-order valence-electron chi connectivity index (χ0n) is 13.5. The minimum atomic E-state index is -0.863. The van der Waals surface area contributed by atoms with Gasteiger partial charge < -0.3 is 14.6 Å². The van der Waals surface area contributed by atoms with E-state index in [9.17, 15) is 14.7 Å². The molecular formula is C19H14N2O5. The fraction of sp³-hybridized carbons (Fsp3) is 0.105. The summed E-state index contributed by atoms with van der Waals surface area (Å²) in [5, 5.41) is 13.8. The highest BCUT2D eigenvalue weighted by Gasteiger charge is 2.29. The number of hydrogen-bond acceptors (Lipinski definition) is 6. The maximum atomic E-state index is 12.6. The van der Waals surface area contributed by atoms with Crippen LogP contribution in [0, 0.1) is 0 Å². The second-order valence-electron chi connectivity index (χ2n) is 5.72. The predicted octanol–water partition coefficient (Wildman–Crippen LogP) is 2.30. The maximum absolute atomic E-state index is 12.6. The Labute approximate surface area is 148 Å². The molecule has 7 nitrogen and oxygen atoms in total. The van der Waals surface area contributed by atoms with Crippen LogP contribution in [-0.2, 0) is 0 Å². The van der Waals surface area contributed by atoms with Gasteiger partial charge in [0.05, 0.1) is 17.3 Å². The lowest BCUT2D eigenvalue weighted by Crippen LogP contribution is -2.39. The van der Waals surface area contributed by atoms with E-state index in [0.717, 1.165) is 4.68 Å². The molecule has 26 heavy (non-hydrogen) atoms. The van der Waals surface area contributed by atoms with Crippen LogP contribution < -0.4 is 9.47 Å². The molecule has 2 aromatic carbocycles. The Kier molecular flexibility index (Phi) is 3.89. The number of ketones is 1. The number of nitrogens with zero attached hydrogens (tertiary/aromatic N) is 2. The van der Waals surface area contributed by atoms with Gasteiger partial charge in [0.25, 0.3) is 5.91 Å². The normalized spacial score (nSPS) is 15.5. The number of aromatic nitrogens is 2. The molecule has 7 heteroatoms. The van der Waals surface area contributed by atoms with Crippen molar-refractivity contribution in [3.05, 3.63) is 72.1 Å². The lowest BCUT2D eigenvalue weighted by molar-refractivity contribution is 0.0485. The monoisotopic (exact) mass is 350 g/mol. The van der Waals surface area contributed by atoms with E-state index < -0.39 is 17.8 Å². The zero-order valence-corrected chi connectivity index (χ0v) is 13.5. The molecule has 1 N–H and O–H groups in total. The number of carbonyl (C=O) groups is 2. The molecule has 0 saturated heterocycles. The van der Waals surface area contributed by atoms with Crippen molar-refractivity contribution in [2.75, 3.05) is 6.61 Å². The van der Waals surface area contributed by atoms with E-state index in [2.05, 4.69) is 5.10 Å². The molecule has 1 aliphatic heterocycles. The van der Waals surface area contributed by atoms with Gasteiger partial charge in [-0.3, -0.25) is 9.59 Å². The van der Waals surface area contributed by atoms with Gasteiger partial charge in [0, 0.05) is 6.20 Å². The molecule has 1 atom stereocenters. The molecule has 130 valence electrons. The molecule has 0 amide bonds. The minimum absolute atomic E-state index is 0.0540. The number of carbonyl (C=O) groups excluding carboxylic acids is 2. The summed E-state index contributed by atoms with van der Waals surface area (Å²) >= 11 is 0. The highest BCUT2D eigenvalue weighted by molar-refractivity contribution is 6.10. The van der Waals surface area contributed by atoms with Crippen LogP contribution in [0.3, 0.4) is 0 Å². The zero-order chi connectivity index (χ0) is 18.1. The van der Waals surface area contributed by atoms with Gasteiger partial charge in [0.15, 0.2) is 17.3 Å². The van der Waals surface area contributed by atoms with Crippen molar-refractivity contribution in [1.82, 2.24) is 9.78 Å². The summed E-state index contributed by atoms with van der Waals surface area (Å²) in [5.41, 5.74) is 0.336. The average molecular weight is 350 g/mol. The first-order valence-corrected chi connectivity index (χ1v) is 7.93. The topological polar surface area (TPSA) is 90.7 Å². The Balaban J connectivity index is 1.54. The summed E-state index contributed by atoms with van der Waals surface area (Å²) in [6.45, 7) is 0.0540. The number of ether oxygens (including phenoxy) is 2. The summed E-state index contributed by atoms with van der Waals surface area (Å²) in [6, 6.07) is 13.3. The smallest absolute Gasteiger partial charge is 0.291 e. The molecule has 0 unspecified atom stereocenters. The fourth-order valence-corrected chi connectivity index (χ4v) is 2.67. The third kappa shape index (κ3) is 2.79. The van der Waals surface area contributed by atoms with Crippen LogP contribution in [-0.4, -0.2) is 39.3 Å². The summed E-state index contributed by atoms with van der Waals surface area (Å²) in [6.07, 6.45) is 1.74. The van der Waals surface area contributed by atoms with Gasteiger partial charge in [-0.1, -0.05) is 24.3 Å². The Morgan fingerprint density at radius 3 is 2.62 bits per heavy atom. The number of fused-ring (bicyclic) bond motifs is 1. The quantitative estimate of drug-likeness (QED) is 0.729. The lowest BCUT2D eigenvalue weighted by Gasteiger charge is -2.24. The molecule has 3 aromatic rings. The van der Waals surface area contributed by atoms with Crippen molar-refractivity contribution in [2.24, 2.45) is 0 Å². The minimum Gasteiger partial charge on any atom is -0.507 e. The van der Waals surface area contributed by atoms with Crippen molar-refractivity contribution >= 4 is 11.7 Å². The molecule has 0 fully saturated rings.